The number of thioether (sulfide) groups is 1. The lowest BCUT2D eigenvalue weighted by atomic mass is 10.3. The molecule has 1 aromatic rings. The Labute approximate surface area is 127 Å². The maximum absolute atomic E-state index is 5.18. The first kappa shape index (κ1) is 16.0. The molecular weight excluding hydrogens is 361 g/mol. The fourth-order valence-corrected chi connectivity index (χ4v) is 2.96. The summed E-state index contributed by atoms with van der Waals surface area (Å²) >= 11 is 4.13. The first-order valence-corrected chi connectivity index (χ1v) is 8.11. The molecule has 102 valence electrons. The Morgan fingerprint density at radius 1 is 1.39 bits per heavy atom. The van der Waals surface area contributed by atoms with Crippen molar-refractivity contribution in [1.82, 2.24) is 9.97 Å². The summed E-state index contributed by atoms with van der Waals surface area (Å²) in [6, 6.07) is 0. The number of methoxy groups -OCH3 is 1. The Morgan fingerprint density at radius 3 is 2.67 bits per heavy atom. The van der Waals surface area contributed by atoms with Crippen LogP contribution in [0.5, 0.6) is 0 Å². The van der Waals surface area contributed by atoms with E-state index in [1.165, 1.54) is 0 Å². The second-order valence-corrected chi connectivity index (χ2v) is 6.45. The highest BCUT2D eigenvalue weighted by molar-refractivity contribution is 14.1. The van der Waals surface area contributed by atoms with E-state index in [0.29, 0.717) is 12.5 Å². The normalized spacial score (nSPS) is 11.0. The second kappa shape index (κ2) is 8.16. The first-order valence-electron chi connectivity index (χ1n) is 5.88. The number of hydrogen-bond donors (Lipinski definition) is 1. The van der Waals surface area contributed by atoms with Crippen LogP contribution in [0.2, 0.25) is 0 Å². The minimum Gasteiger partial charge on any atom is -0.378 e. The largest absolute Gasteiger partial charge is 0.378 e. The molecule has 0 saturated heterocycles. The average molecular weight is 381 g/mol. The van der Waals surface area contributed by atoms with Gasteiger partial charge in [0, 0.05) is 14.2 Å². The van der Waals surface area contributed by atoms with Crippen LogP contribution in [0.1, 0.15) is 25.4 Å². The lowest BCUT2D eigenvalue weighted by Gasteiger charge is -2.11. The van der Waals surface area contributed by atoms with Crippen LogP contribution in [0.4, 0.5) is 5.82 Å². The molecule has 0 saturated carbocycles. The van der Waals surface area contributed by atoms with Crippen LogP contribution in [0.25, 0.3) is 0 Å². The Kier molecular flexibility index (Phi) is 7.25. The molecule has 0 aliphatic heterocycles. The van der Waals surface area contributed by atoms with Gasteiger partial charge in [0.15, 0.2) is 0 Å². The smallest absolute Gasteiger partial charge is 0.143 e. The Balaban J connectivity index is 2.81. The van der Waals surface area contributed by atoms with Gasteiger partial charge in [-0.2, -0.15) is 11.8 Å². The van der Waals surface area contributed by atoms with E-state index < -0.39 is 0 Å². The van der Waals surface area contributed by atoms with Crippen LogP contribution in [0, 0.1) is 9.49 Å². The van der Waals surface area contributed by atoms with Crippen molar-refractivity contribution in [3.63, 3.8) is 0 Å². The summed E-state index contributed by atoms with van der Waals surface area (Å²) in [4.78, 5) is 9.09. The minimum atomic E-state index is 0.525. The molecule has 1 heterocycles. The third-order valence-electron chi connectivity index (χ3n) is 2.17. The van der Waals surface area contributed by atoms with Crippen molar-refractivity contribution in [2.24, 2.45) is 5.92 Å². The highest BCUT2D eigenvalue weighted by Gasteiger charge is 2.11. The predicted molar refractivity (Wildman–Crippen MR) is 86.0 cm³/mol. The number of anilines is 1. The van der Waals surface area contributed by atoms with Gasteiger partial charge in [-0.1, -0.05) is 13.8 Å². The van der Waals surface area contributed by atoms with E-state index in [4.69, 9.17) is 4.74 Å². The number of ether oxygens (including phenoxy) is 1. The van der Waals surface area contributed by atoms with Gasteiger partial charge in [0.05, 0.1) is 21.6 Å². The van der Waals surface area contributed by atoms with Crippen molar-refractivity contribution in [3.8, 4) is 0 Å². The van der Waals surface area contributed by atoms with E-state index in [2.05, 4.69) is 51.7 Å². The molecule has 0 atom stereocenters. The van der Waals surface area contributed by atoms with Crippen LogP contribution in [-0.2, 0) is 17.1 Å². The van der Waals surface area contributed by atoms with Crippen LogP contribution in [0.15, 0.2) is 0 Å². The summed E-state index contributed by atoms with van der Waals surface area (Å²) in [5.74, 6) is 4.43. The molecule has 0 unspecified atom stereocenters. The first-order chi connectivity index (χ1) is 8.58. The summed E-state index contributed by atoms with van der Waals surface area (Å²) in [6.45, 7) is 4.96. The number of nitrogens with one attached hydrogen (secondary N) is 1. The average Bonchev–Trinajstić information content (AvgIpc) is 2.32. The van der Waals surface area contributed by atoms with Crippen molar-refractivity contribution in [2.45, 2.75) is 26.2 Å². The van der Waals surface area contributed by atoms with Gasteiger partial charge < -0.3 is 10.1 Å². The molecule has 6 heteroatoms. The van der Waals surface area contributed by atoms with Crippen molar-refractivity contribution >= 4 is 40.2 Å². The zero-order chi connectivity index (χ0) is 13.5. The van der Waals surface area contributed by atoms with Gasteiger partial charge in [0.1, 0.15) is 11.6 Å². The monoisotopic (exact) mass is 381 g/mol. The summed E-state index contributed by atoms with van der Waals surface area (Å²) in [6.07, 6.45) is 0. The molecule has 1 N–H and O–H groups in total. The topological polar surface area (TPSA) is 47.0 Å². The third-order valence-corrected chi connectivity index (χ3v) is 4.66. The highest BCUT2D eigenvalue weighted by atomic mass is 127. The predicted octanol–water partition coefficient (Wildman–Crippen LogP) is 3.16. The number of rotatable bonds is 7. The SMILES string of the molecule is CNc1nc(CSCC(C)C)nc(COC)c1I. The Morgan fingerprint density at radius 2 is 2.11 bits per heavy atom. The maximum atomic E-state index is 5.18. The van der Waals surface area contributed by atoms with Gasteiger partial charge in [0.25, 0.3) is 0 Å². The highest BCUT2D eigenvalue weighted by Crippen LogP contribution is 2.21. The van der Waals surface area contributed by atoms with Crippen molar-refractivity contribution in [3.05, 3.63) is 15.1 Å². The number of nitrogens with zero attached hydrogens (tertiary/aromatic N) is 2. The van der Waals surface area contributed by atoms with Gasteiger partial charge in [-0.05, 0) is 34.3 Å². The molecular formula is C12H20IN3OS. The molecule has 0 bridgehead atoms. The van der Waals surface area contributed by atoms with Gasteiger partial charge in [-0.3, -0.25) is 0 Å². The summed E-state index contributed by atoms with van der Waals surface area (Å²) in [7, 11) is 3.57. The number of aromatic nitrogens is 2. The zero-order valence-corrected chi connectivity index (χ0v) is 14.3. The lowest BCUT2D eigenvalue weighted by Crippen LogP contribution is -2.08. The van der Waals surface area contributed by atoms with Crippen LogP contribution in [0.3, 0.4) is 0 Å². The fraction of sp³-hybridized carbons (Fsp3) is 0.667. The second-order valence-electron chi connectivity index (χ2n) is 4.34. The molecule has 1 rings (SSSR count). The molecule has 0 aliphatic rings. The van der Waals surface area contributed by atoms with E-state index in [1.54, 1.807) is 7.11 Å². The summed E-state index contributed by atoms with van der Waals surface area (Å²) in [5, 5.41) is 3.11. The summed E-state index contributed by atoms with van der Waals surface area (Å²) in [5.41, 5.74) is 0.956. The van der Waals surface area contributed by atoms with Crippen LogP contribution in [-0.4, -0.2) is 29.9 Å². The number of halogens is 1. The molecule has 1 aromatic heterocycles. The van der Waals surface area contributed by atoms with Crippen molar-refractivity contribution < 1.29 is 4.74 Å². The minimum absolute atomic E-state index is 0.525. The fourth-order valence-electron chi connectivity index (χ4n) is 1.39. The molecule has 0 amide bonds. The molecule has 0 radical (unpaired) electrons. The molecule has 0 aliphatic carbocycles. The quantitative estimate of drug-likeness (QED) is 0.736. The third kappa shape index (κ3) is 4.89. The molecule has 0 fully saturated rings. The molecule has 4 nitrogen and oxygen atoms in total. The standard InChI is InChI=1S/C12H20IN3OS/c1-8(2)6-18-7-10-15-9(5-17-4)11(13)12(14-3)16-10/h8H,5-7H2,1-4H3,(H,14,15,16). The van der Waals surface area contributed by atoms with Crippen molar-refractivity contribution in [1.29, 1.82) is 0 Å². The Hall–Kier alpha value is -0.0800. The van der Waals surface area contributed by atoms with Crippen molar-refractivity contribution in [2.75, 3.05) is 25.2 Å². The zero-order valence-electron chi connectivity index (χ0n) is 11.3. The van der Waals surface area contributed by atoms with Gasteiger partial charge in [-0.25, -0.2) is 9.97 Å². The van der Waals surface area contributed by atoms with Crippen LogP contribution < -0.4 is 5.32 Å². The van der Waals surface area contributed by atoms with E-state index >= 15 is 0 Å². The van der Waals surface area contributed by atoms with E-state index in [9.17, 15) is 0 Å². The maximum Gasteiger partial charge on any atom is 0.143 e. The number of hydrogen-bond acceptors (Lipinski definition) is 5. The molecule has 18 heavy (non-hydrogen) atoms. The van der Waals surface area contributed by atoms with E-state index in [0.717, 1.165) is 32.4 Å². The van der Waals surface area contributed by atoms with Crippen LogP contribution >= 0.6 is 34.4 Å². The van der Waals surface area contributed by atoms with E-state index in [-0.39, 0.29) is 0 Å². The van der Waals surface area contributed by atoms with E-state index in [1.807, 2.05) is 18.8 Å². The Bertz CT molecular complexity index is 388. The van der Waals surface area contributed by atoms with Gasteiger partial charge in [0.2, 0.25) is 0 Å². The van der Waals surface area contributed by atoms with Gasteiger partial charge in [-0.15, -0.1) is 0 Å². The lowest BCUT2D eigenvalue weighted by molar-refractivity contribution is 0.180. The van der Waals surface area contributed by atoms with Gasteiger partial charge >= 0.3 is 0 Å². The molecule has 0 aromatic carbocycles. The summed E-state index contributed by atoms with van der Waals surface area (Å²) < 4.78 is 6.21. The molecule has 0 spiro atoms.